The first-order chi connectivity index (χ1) is 23.1. The van der Waals surface area contributed by atoms with Crippen LogP contribution in [0, 0.1) is 23.1 Å². The molecule has 0 radical (unpaired) electrons. The summed E-state index contributed by atoms with van der Waals surface area (Å²) in [6.07, 6.45) is 1.81. The van der Waals surface area contributed by atoms with Gasteiger partial charge in [0, 0.05) is 52.0 Å². The lowest BCUT2D eigenvalue weighted by molar-refractivity contribution is -0.141. The molecule has 3 aromatic carbocycles. The van der Waals surface area contributed by atoms with Crippen LogP contribution >= 0.6 is 0 Å². The standard InChI is InChI=1S/C33H34F2N6O6S/c1-45-33(46-2)21-11-14-39(15-12-21)23-3-5-24(6-4-23)41-20-37-29-9-7-25(17-26(29)32(41)42)47-31-27(18-36)30(10-8-28(31)35)38-48(43,44)40-16-13-22(34)19-40/h3-10,17,20-22,33,38H,11-16,19H2,1-2H3/t22-/m1/s1. The third-order valence-electron chi connectivity index (χ3n) is 8.73. The minimum absolute atomic E-state index is 0.0253. The van der Waals surface area contributed by atoms with Gasteiger partial charge in [-0.15, -0.1) is 0 Å². The minimum atomic E-state index is -4.21. The fraction of sp³-hybridized carbons (Fsp3) is 0.364. The van der Waals surface area contributed by atoms with E-state index in [1.54, 1.807) is 20.3 Å². The Labute approximate surface area is 276 Å². The van der Waals surface area contributed by atoms with Crippen molar-refractivity contribution in [1.82, 2.24) is 13.9 Å². The summed E-state index contributed by atoms with van der Waals surface area (Å²) < 4.78 is 75.4. The van der Waals surface area contributed by atoms with Crippen LogP contribution in [0.2, 0.25) is 0 Å². The topological polar surface area (TPSA) is 139 Å². The van der Waals surface area contributed by atoms with Crippen LogP contribution in [-0.2, 0) is 19.7 Å². The van der Waals surface area contributed by atoms with Gasteiger partial charge in [0.25, 0.3) is 5.56 Å². The number of alkyl halides is 1. The number of benzene rings is 3. The number of aromatic nitrogens is 2. The van der Waals surface area contributed by atoms with Crippen molar-refractivity contribution in [3.8, 4) is 23.3 Å². The lowest BCUT2D eigenvalue weighted by Crippen LogP contribution is -2.39. The molecule has 1 atom stereocenters. The molecule has 1 N–H and O–H groups in total. The Bertz CT molecular complexity index is 2010. The summed E-state index contributed by atoms with van der Waals surface area (Å²) in [6.45, 7) is 1.33. The van der Waals surface area contributed by atoms with E-state index in [0.717, 1.165) is 48.1 Å². The molecule has 2 fully saturated rings. The van der Waals surface area contributed by atoms with Crippen LogP contribution in [0.15, 0.2) is 65.7 Å². The number of methoxy groups -OCH3 is 2. The average molecular weight is 681 g/mol. The first-order valence-electron chi connectivity index (χ1n) is 15.4. The highest BCUT2D eigenvalue weighted by Crippen LogP contribution is 2.35. The molecule has 2 aliphatic heterocycles. The Morgan fingerprint density at radius 3 is 2.35 bits per heavy atom. The van der Waals surface area contributed by atoms with Gasteiger partial charge in [-0.2, -0.15) is 18.0 Å². The Hall–Kier alpha value is -4.62. The number of anilines is 2. The SMILES string of the molecule is COC(OC)C1CCN(c2ccc(-n3cnc4ccc(Oc5c(F)ccc(NS(=O)(=O)N6CC[C@@H](F)C6)c5C#N)cc4c3=O)cc2)CC1. The predicted octanol–water partition coefficient (Wildman–Crippen LogP) is 4.72. The Morgan fingerprint density at radius 1 is 1.00 bits per heavy atom. The molecule has 2 aliphatic rings. The number of fused-ring (bicyclic) bond motifs is 1. The molecule has 2 saturated heterocycles. The summed E-state index contributed by atoms with van der Waals surface area (Å²) in [7, 11) is -0.916. The molecule has 12 nitrogen and oxygen atoms in total. The number of hydrogen-bond acceptors (Lipinski definition) is 9. The number of halogens is 2. The van der Waals surface area contributed by atoms with Crippen molar-refractivity contribution in [1.29, 1.82) is 5.26 Å². The molecule has 0 amide bonds. The maximum atomic E-state index is 15.0. The Morgan fingerprint density at radius 2 is 1.71 bits per heavy atom. The van der Waals surface area contributed by atoms with Crippen molar-refractivity contribution >= 4 is 32.5 Å². The van der Waals surface area contributed by atoms with Crippen LogP contribution in [0.5, 0.6) is 11.5 Å². The fourth-order valence-electron chi connectivity index (χ4n) is 6.16. The van der Waals surface area contributed by atoms with Gasteiger partial charge in [0.05, 0.1) is 22.3 Å². The number of piperidine rings is 1. The van der Waals surface area contributed by atoms with Crippen molar-refractivity contribution in [3.63, 3.8) is 0 Å². The number of nitrogens with zero attached hydrogens (tertiary/aromatic N) is 5. The smallest absolute Gasteiger partial charge is 0.301 e. The molecule has 0 unspecified atom stereocenters. The summed E-state index contributed by atoms with van der Waals surface area (Å²) in [4.78, 5) is 20.3. The Kier molecular flexibility index (Phi) is 9.61. The highest BCUT2D eigenvalue weighted by Gasteiger charge is 2.32. The quantitative estimate of drug-likeness (QED) is 0.236. The fourth-order valence-corrected chi connectivity index (χ4v) is 7.44. The maximum Gasteiger partial charge on any atom is 0.301 e. The van der Waals surface area contributed by atoms with Gasteiger partial charge < -0.3 is 19.1 Å². The van der Waals surface area contributed by atoms with Gasteiger partial charge in [0.2, 0.25) is 0 Å². The summed E-state index contributed by atoms with van der Waals surface area (Å²) in [5.41, 5.74) is 0.931. The van der Waals surface area contributed by atoms with E-state index >= 15 is 4.39 Å². The van der Waals surface area contributed by atoms with Crippen molar-refractivity contribution in [2.75, 3.05) is 50.0 Å². The van der Waals surface area contributed by atoms with E-state index < -0.39 is 39.1 Å². The molecule has 0 spiro atoms. The summed E-state index contributed by atoms with van der Waals surface area (Å²) in [5, 5.41) is 10.0. The van der Waals surface area contributed by atoms with Crippen LogP contribution in [0.3, 0.4) is 0 Å². The Balaban J connectivity index is 1.23. The van der Waals surface area contributed by atoms with Gasteiger partial charge in [-0.05, 0) is 73.9 Å². The van der Waals surface area contributed by atoms with Crippen molar-refractivity contribution in [2.24, 2.45) is 5.92 Å². The van der Waals surface area contributed by atoms with Crippen LogP contribution in [0.1, 0.15) is 24.8 Å². The molecule has 3 heterocycles. The lowest BCUT2D eigenvalue weighted by atomic mass is 9.95. The van der Waals surface area contributed by atoms with E-state index in [1.807, 2.05) is 24.3 Å². The number of hydrogen-bond donors (Lipinski definition) is 1. The molecule has 1 aromatic heterocycles. The number of rotatable bonds is 10. The van der Waals surface area contributed by atoms with Gasteiger partial charge in [0.1, 0.15) is 29.9 Å². The monoisotopic (exact) mass is 680 g/mol. The van der Waals surface area contributed by atoms with E-state index in [0.29, 0.717) is 17.1 Å². The second-order valence-electron chi connectivity index (χ2n) is 11.6. The minimum Gasteiger partial charge on any atom is -0.453 e. The van der Waals surface area contributed by atoms with Crippen molar-refractivity contribution in [3.05, 3.63) is 82.7 Å². The third kappa shape index (κ3) is 6.70. The molecule has 4 aromatic rings. The molecular formula is C33H34F2N6O6S. The van der Waals surface area contributed by atoms with Crippen molar-refractivity contribution in [2.45, 2.75) is 31.7 Å². The van der Waals surface area contributed by atoms with E-state index in [2.05, 4.69) is 14.6 Å². The largest absolute Gasteiger partial charge is 0.453 e. The molecule has 0 aliphatic carbocycles. The normalized spacial score (nSPS) is 17.6. The summed E-state index contributed by atoms with van der Waals surface area (Å²) in [6, 6.07) is 15.8. The molecular weight excluding hydrogens is 646 g/mol. The van der Waals surface area contributed by atoms with E-state index in [1.165, 1.54) is 29.1 Å². The molecule has 252 valence electrons. The average Bonchev–Trinajstić information content (AvgIpc) is 3.55. The van der Waals surface area contributed by atoms with E-state index in [9.17, 15) is 22.9 Å². The van der Waals surface area contributed by atoms with E-state index in [-0.39, 0.29) is 42.6 Å². The van der Waals surface area contributed by atoms with Crippen LogP contribution in [0.4, 0.5) is 20.2 Å². The van der Waals surface area contributed by atoms with Crippen LogP contribution < -0.4 is 19.9 Å². The zero-order valence-corrected chi connectivity index (χ0v) is 27.1. The van der Waals surface area contributed by atoms with Gasteiger partial charge in [-0.1, -0.05) is 0 Å². The first kappa shape index (κ1) is 33.3. The second-order valence-corrected chi connectivity index (χ2v) is 13.3. The molecule has 15 heteroatoms. The molecule has 0 bridgehead atoms. The van der Waals surface area contributed by atoms with Gasteiger partial charge >= 0.3 is 10.2 Å². The van der Waals surface area contributed by atoms with Crippen molar-refractivity contribution < 1.29 is 31.4 Å². The second kappa shape index (κ2) is 13.9. The first-order valence-corrected chi connectivity index (χ1v) is 16.8. The highest BCUT2D eigenvalue weighted by molar-refractivity contribution is 7.90. The van der Waals surface area contributed by atoms with E-state index in [4.69, 9.17) is 14.2 Å². The number of ether oxygens (including phenoxy) is 3. The third-order valence-corrected chi connectivity index (χ3v) is 10.2. The zero-order valence-electron chi connectivity index (χ0n) is 26.3. The summed E-state index contributed by atoms with van der Waals surface area (Å²) in [5.74, 6) is -1.12. The predicted molar refractivity (Wildman–Crippen MR) is 175 cm³/mol. The number of nitriles is 1. The molecule has 0 saturated carbocycles. The van der Waals surface area contributed by atoms with Crippen LogP contribution in [0.25, 0.3) is 16.6 Å². The zero-order chi connectivity index (χ0) is 34.0. The lowest BCUT2D eigenvalue weighted by Gasteiger charge is -2.36. The van der Waals surface area contributed by atoms with Crippen LogP contribution in [-0.4, -0.2) is 75.1 Å². The number of nitrogens with one attached hydrogen (secondary N) is 1. The van der Waals surface area contributed by atoms with Gasteiger partial charge in [-0.25, -0.2) is 13.8 Å². The van der Waals surface area contributed by atoms with Gasteiger partial charge in [0.15, 0.2) is 17.9 Å². The van der Waals surface area contributed by atoms with Gasteiger partial charge in [-0.3, -0.25) is 14.1 Å². The highest BCUT2D eigenvalue weighted by atomic mass is 32.2. The molecule has 6 rings (SSSR count). The maximum absolute atomic E-state index is 15.0. The summed E-state index contributed by atoms with van der Waals surface area (Å²) >= 11 is 0. The molecule has 48 heavy (non-hydrogen) atoms.